The van der Waals surface area contributed by atoms with E-state index in [1.165, 1.54) is 103 Å². The van der Waals surface area contributed by atoms with Crippen molar-refractivity contribution in [3.05, 3.63) is 0 Å². The highest BCUT2D eigenvalue weighted by Crippen LogP contribution is 2.73. The van der Waals surface area contributed by atoms with Gasteiger partial charge in [-0.3, -0.25) is 0 Å². The molecule has 16 aliphatic carbocycles. The zero-order valence-electron chi connectivity index (χ0n) is 62.7. The number of hydrogen-bond donors (Lipinski definition) is 6. The minimum Gasteiger partial charge on any atom is -0.393 e. The maximum atomic E-state index is 11.3. The lowest BCUT2D eigenvalue weighted by molar-refractivity contribution is -0.188. The highest BCUT2D eigenvalue weighted by Gasteiger charge is 2.69. The summed E-state index contributed by atoms with van der Waals surface area (Å²) in [7, 11) is 0. The quantitative estimate of drug-likeness (QED) is 0.135. The number of nitrogens with zero attached hydrogens (tertiary/aromatic N) is 4. The van der Waals surface area contributed by atoms with Gasteiger partial charge in [0, 0.05) is 0 Å². The summed E-state index contributed by atoms with van der Waals surface area (Å²) < 4.78 is 0. The van der Waals surface area contributed by atoms with Crippen LogP contribution >= 0.6 is 0 Å². The van der Waals surface area contributed by atoms with E-state index >= 15 is 0 Å². The largest absolute Gasteiger partial charge is 0.393 e. The first-order valence-corrected chi connectivity index (χ1v) is 40.9. The number of nitriles is 4. The maximum Gasteiger partial charge on any atom is 0.0661 e. The molecule has 40 atom stereocenters. The minimum atomic E-state index is -0.277. The van der Waals surface area contributed by atoms with E-state index in [1.807, 2.05) is 0 Å². The molecule has 0 saturated heterocycles. The molecular formula is C86H136N4O6. The van der Waals surface area contributed by atoms with Crippen molar-refractivity contribution < 1.29 is 30.6 Å². The highest BCUT2D eigenvalue weighted by atomic mass is 16.3. The second kappa shape index (κ2) is 25.8. The molecule has 536 valence electrons. The third-order valence-corrected chi connectivity index (χ3v) is 37.6. The second-order valence-electron chi connectivity index (χ2n) is 41.0. The molecule has 0 spiro atoms. The number of rotatable bonds is 0. The minimum absolute atomic E-state index is 0.0122. The molecule has 0 amide bonds. The summed E-state index contributed by atoms with van der Waals surface area (Å²) in [4.78, 5) is 0. The summed E-state index contributed by atoms with van der Waals surface area (Å²) in [6.45, 7) is 33.2. The lowest BCUT2D eigenvalue weighted by atomic mass is 9.42. The van der Waals surface area contributed by atoms with Gasteiger partial charge in [0.15, 0.2) is 0 Å². The normalized spacial score (nSPS) is 59.8. The monoisotopic (exact) mass is 1320 g/mol. The molecule has 0 aromatic carbocycles. The Labute approximate surface area is 583 Å². The summed E-state index contributed by atoms with van der Waals surface area (Å²) in [5.74, 6) is 13.8. The van der Waals surface area contributed by atoms with Crippen molar-refractivity contribution in [1.29, 1.82) is 21.0 Å². The Kier molecular flexibility index (Phi) is 19.4. The van der Waals surface area contributed by atoms with E-state index in [1.54, 1.807) is 0 Å². The van der Waals surface area contributed by atoms with Crippen LogP contribution in [0, 0.1) is 243 Å². The Morgan fingerprint density at radius 3 is 0.948 bits per heavy atom. The third-order valence-electron chi connectivity index (χ3n) is 37.6. The van der Waals surface area contributed by atoms with E-state index in [0.717, 1.165) is 113 Å². The van der Waals surface area contributed by atoms with Crippen LogP contribution in [-0.2, 0) is 0 Å². The molecule has 0 bridgehead atoms. The molecule has 16 fully saturated rings. The van der Waals surface area contributed by atoms with Gasteiger partial charge in [0.05, 0.1) is 84.6 Å². The Bertz CT molecular complexity index is 2690. The first kappa shape index (κ1) is 72.1. The van der Waals surface area contributed by atoms with Gasteiger partial charge in [0.2, 0.25) is 0 Å². The summed E-state index contributed by atoms with van der Waals surface area (Å²) in [6.07, 6.45) is 30.2. The standard InChI is InChI=1S/2C22H35NO.2C21H33NO2/c1-13-9-15-5-7-17-18-8-6-16(12-23)21(18,3)11-19(24)20(17)22(15,4)10-14(13)2;1-13-9-10-21(3)17(14(13)2)8-6-16-18-7-5-15(12-23)22(18,4)11-19(24)20(16)21;1-12-9-21(3)13(8-17(12)23)4-6-15-16-7-5-14(11-22)20(16,2)10-18(24)19(15)21;1-12-15-7-5-14-16-6-4-13(11-22)21(16,3)10-18(24)19(14)20(15,2)9-8-17(12)23/h2*13-20,24H,5-11H2,1-4H3;2*12-19,23-24H,4-10H2,1-3H3/t13-,14-,15-,16+,17-,18-,19-,20+,21+,22-;13-,14+,15-,16+,17+,18+,19+,20-,21+,22-;12-,13-,14+,15-,16-,17-,18-,19+,20+,21-;12-,13-,14+,15+,16+,17-,18+,19-,20+,21-/m0101/s1. The fourth-order valence-corrected chi connectivity index (χ4v) is 32.4. The summed E-state index contributed by atoms with van der Waals surface area (Å²) in [5, 5.41) is 104. The predicted octanol–water partition coefficient (Wildman–Crippen LogP) is 17.5. The van der Waals surface area contributed by atoms with E-state index in [-0.39, 0.29) is 92.8 Å². The number of aliphatic hydroxyl groups excluding tert-OH is 6. The van der Waals surface area contributed by atoms with Crippen LogP contribution in [0.3, 0.4) is 0 Å². The van der Waals surface area contributed by atoms with Crippen molar-refractivity contribution in [3.63, 3.8) is 0 Å². The SMILES string of the molecule is C[C@H]1C[C@@H]2CC[C@@H]3[C@H]([C@@H](O)C[C@]4(C)[C@@H](C#N)CC[C@@H]34)[C@@]2(C)C[C@@H]1C.C[C@H]1C[C@@]2(C)[C@@H](CC[C@@H]3[C@@H]2[C@@H](O)C[C@]2(C)[C@@H](C#N)CC[C@@H]32)C[C@@H]1O.C[C@H]1[C@H](C)CC[C@]2(C)[C@@H]3[C@@H](CC[C@@H]12)[C@@H]1CC[C@H](C#N)[C@@]1(C)C[C@@H]3O.C[C@H]1[C@H](O)CC[C@]2(C)[C@@H]3[C@@H](CC[C@@H]12)[C@@H]1CC[C@H](C#N)[C@@]1(C)C[C@@H]3O. The molecule has 0 aromatic rings. The molecule has 0 aromatic heterocycles. The van der Waals surface area contributed by atoms with Crippen molar-refractivity contribution in [1.82, 2.24) is 0 Å². The van der Waals surface area contributed by atoms with Gasteiger partial charge in [-0.2, -0.15) is 21.0 Å². The van der Waals surface area contributed by atoms with Gasteiger partial charge in [-0.25, -0.2) is 0 Å². The third kappa shape index (κ3) is 10.9. The number of fused-ring (bicyclic) bond motifs is 20. The molecule has 96 heavy (non-hydrogen) atoms. The van der Waals surface area contributed by atoms with E-state index in [9.17, 15) is 51.7 Å². The summed E-state index contributed by atoms with van der Waals surface area (Å²) >= 11 is 0. The van der Waals surface area contributed by atoms with Gasteiger partial charge in [-0.15, -0.1) is 0 Å². The fraction of sp³-hybridized carbons (Fsp3) is 0.953. The van der Waals surface area contributed by atoms with Crippen molar-refractivity contribution in [2.45, 2.75) is 313 Å². The van der Waals surface area contributed by atoms with Crippen molar-refractivity contribution in [2.75, 3.05) is 0 Å². The van der Waals surface area contributed by atoms with Crippen LogP contribution in [0.4, 0.5) is 0 Å². The highest BCUT2D eigenvalue weighted by molar-refractivity contribution is 5.20. The van der Waals surface area contributed by atoms with E-state index < -0.39 is 0 Å². The molecule has 0 heterocycles. The van der Waals surface area contributed by atoms with Crippen LogP contribution in [0.2, 0.25) is 0 Å². The molecule has 16 rings (SSSR count). The lowest BCUT2D eigenvalue weighted by Gasteiger charge is -2.63. The molecular weight excluding hydrogens is 1180 g/mol. The first-order chi connectivity index (χ1) is 45.3. The van der Waals surface area contributed by atoms with Crippen molar-refractivity contribution in [2.24, 2.45) is 197 Å². The van der Waals surface area contributed by atoms with Gasteiger partial charge in [-0.05, 0) is 353 Å². The van der Waals surface area contributed by atoms with Gasteiger partial charge >= 0.3 is 0 Å². The van der Waals surface area contributed by atoms with E-state index in [0.29, 0.717) is 106 Å². The number of aliphatic hydroxyl groups is 6. The number of hydrogen-bond acceptors (Lipinski definition) is 10. The zero-order valence-corrected chi connectivity index (χ0v) is 62.7. The molecule has 10 nitrogen and oxygen atoms in total. The van der Waals surface area contributed by atoms with Crippen LogP contribution in [0.25, 0.3) is 0 Å². The summed E-state index contributed by atoms with van der Waals surface area (Å²) in [6, 6.07) is 10.3. The van der Waals surface area contributed by atoms with Gasteiger partial charge in [-0.1, -0.05) is 96.9 Å². The van der Waals surface area contributed by atoms with Gasteiger partial charge in [0.25, 0.3) is 0 Å². The molecule has 16 aliphatic rings. The molecule has 0 unspecified atom stereocenters. The Hall–Kier alpha value is -2.28. The molecule has 6 N–H and O–H groups in total. The second-order valence-corrected chi connectivity index (χ2v) is 41.0. The Balaban J connectivity index is 0.000000116. The Morgan fingerprint density at radius 1 is 0.260 bits per heavy atom. The topological polar surface area (TPSA) is 217 Å². The summed E-state index contributed by atoms with van der Waals surface area (Å²) in [5.41, 5.74) is 1.11. The fourth-order valence-electron chi connectivity index (χ4n) is 32.4. The van der Waals surface area contributed by atoms with Crippen LogP contribution in [0.15, 0.2) is 0 Å². The van der Waals surface area contributed by atoms with E-state index in [2.05, 4.69) is 121 Å². The van der Waals surface area contributed by atoms with Crippen LogP contribution in [0.1, 0.15) is 277 Å². The predicted molar refractivity (Wildman–Crippen MR) is 377 cm³/mol. The average Bonchev–Trinajstić information content (AvgIpc) is 1.42. The van der Waals surface area contributed by atoms with Crippen molar-refractivity contribution >= 4 is 0 Å². The molecule has 0 radical (unpaired) electrons. The average molecular weight is 1320 g/mol. The van der Waals surface area contributed by atoms with Crippen LogP contribution in [0.5, 0.6) is 0 Å². The van der Waals surface area contributed by atoms with Crippen LogP contribution in [-0.4, -0.2) is 67.3 Å². The maximum absolute atomic E-state index is 11.3. The van der Waals surface area contributed by atoms with Crippen molar-refractivity contribution in [3.8, 4) is 24.3 Å². The van der Waals surface area contributed by atoms with Gasteiger partial charge < -0.3 is 30.6 Å². The first-order valence-electron chi connectivity index (χ1n) is 40.9. The molecule has 16 saturated carbocycles. The van der Waals surface area contributed by atoms with Crippen LogP contribution < -0.4 is 0 Å². The zero-order chi connectivity index (χ0) is 69.1. The molecule has 0 aliphatic heterocycles. The Morgan fingerprint density at radius 2 is 0.573 bits per heavy atom. The lowest BCUT2D eigenvalue weighted by Crippen LogP contribution is -2.60. The smallest absolute Gasteiger partial charge is 0.0661 e. The molecule has 10 heteroatoms. The van der Waals surface area contributed by atoms with E-state index in [4.69, 9.17) is 0 Å². The van der Waals surface area contributed by atoms with Gasteiger partial charge in [0.1, 0.15) is 0 Å².